The fourth-order valence-corrected chi connectivity index (χ4v) is 2.37. The van der Waals surface area contributed by atoms with Gasteiger partial charge in [0.2, 0.25) is 11.8 Å². The molecule has 0 radical (unpaired) electrons. The third kappa shape index (κ3) is 4.79. The Hall–Kier alpha value is -2.89. The molecule has 0 spiro atoms. The average Bonchev–Trinajstić information content (AvgIpc) is 3.41. The standard InChI is InChI=1S/C19H20FN3O2/c1-12(18(24)23-17-4-2-3-14(20)11-17)21-15-7-9-16(10-8-15)22-19(25)13-5-6-13/h2-4,7-13,21H,5-6H2,1H3,(H,22,25)(H,23,24). The zero-order valence-electron chi connectivity index (χ0n) is 13.9. The lowest BCUT2D eigenvalue weighted by molar-refractivity contribution is -0.117. The molecule has 130 valence electrons. The highest BCUT2D eigenvalue weighted by atomic mass is 19.1. The first-order valence-electron chi connectivity index (χ1n) is 8.25. The molecule has 0 saturated heterocycles. The third-order valence-corrected chi connectivity index (χ3v) is 3.97. The summed E-state index contributed by atoms with van der Waals surface area (Å²) in [5.41, 5.74) is 1.91. The molecule has 2 aromatic carbocycles. The van der Waals surface area contributed by atoms with E-state index < -0.39 is 11.9 Å². The van der Waals surface area contributed by atoms with Crippen LogP contribution in [0.5, 0.6) is 0 Å². The number of nitrogens with one attached hydrogen (secondary N) is 3. The quantitative estimate of drug-likeness (QED) is 0.752. The fraction of sp³-hybridized carbons (Fsp3) is 0.263. The number of hydrogen-bond donors (Lipinski definition) is 3. The van der Waals surface area contributed by atoms with Crippen LogP contribution >= 0.6 is 0 Å². The lowest BCUT2D eigenvalue weighted by atomic mass is 10.2. The summed E-state index contributed by atoms with van der Waals surface area (Å²) < 4.78 is 13.2. The van der Waals surface area contributed by atoms with E-state index in [1.165, 1.54) is 18.2 Å². The van der Waals surface area contributed by atoms with Gasteiger partial charge in [-0.1, -0.05) is 6.07 Å². The minimum atomic E-state index is -0.504. The molecule has 0 heterocycles. The first kappa shape index (κ1) is 17.0. The zero-order valence-corrected chi connectivity index (χ0v) is 13.9. The molecular weight excluding hydrogens is 321 g/mol. The van der Waals surface area contributed by atoms with Gasteiger partial charge in [0, 0.05) is 23.0 Å². The molecule has 3 N–H and O–H groups in total. The van der Waals surface area contributed by atoms with Gasteiger partial charge in [-0.25, -0.2) is 4.39 Å². The number of carbonyl (C=O) groups is 2. The van der Waals surface area contributed by atoms with Crippen molar-refractivity contribution in [1.82, 2.24) is 0 Å². The van der Waals surface area contributed by atoms with Crippen molar-refractivity contribution in [3.8, 4) is 0 Å². The van der Waals surface area contributed by atoms with Gasteiger partial charge in [-0.3, -0.25) is 9.59 Å². The molecule has 1 aliphatic rings. The second-order valence-corrected chi connectivity index (χ2v) is 6.21. The minimum absolute atomic E-state index is 0.0588. The first-order chi connectivity index (χ1) is 12.0. The summed E-state index contributed by atoms with van der Waals surface area (Å²) in [4.78, 5) is 23.9. The van der Waals surface area contributed by atoms with E-state index >= 15 is 0 Å². The predicted molar refractivity (Wildman–Crippen MR) is 95.9 cm³/mol. The van der Waals surface area contributed by atoms with Gasteiger partial charge in [0.1, 0.15) is 11.9 Å². The van der Waals surface area contributed by atoms with Crippen LogP contribution in [0.1, 0.15) is 19.8 Å². The second-order valence-electron chi connectivity index (χ2n) is 6.21. The molecule has 2 aromatic rings. The summed E-state index contributed by atoms with van der Waals surface area (Å²) in [5, 5.41) is 8.60. The summed E-state index contributed by atoms with van der Waals surface area (Å²) in [6, 6.07) is 12.4. The summed E-state index contributed by atoms with van der Waals surface area (Å²) in [6.45, 7) is 1.72. The van der Waals surface area contributed by atoms with Gasteiger partial charge in [-0.2, -0.15) is 0 Å². The van der Waals surface area contributed by atoms with E-state index in [0.29, 0.717) is 5.69 Å². The van der Waals surface area contributed by atoms with Crippen molar-refractivity contribution in [2.45, 2.75) is 25.8 Å². The van der Waals surface area contributed by atoms with Crippen LogP contribution in [0.4, 0.5) is 21.5 Å². The molecule has 3 rings (SSSR count). The summed E-state index contributed by atoms with van der Waals surface area (Å²) in [7, 11) is 0. The lowest BCUT2D eigenvalue weighted by Crippen LogP contribution is -2.31. The van der Waals surface area contributed by atoms with Crippen molar-refractivity contribution >= 4 is 28.9 Å². The largest absolute Gasteiger partial charge is 0.374 e. The van der Waals surface area contributed by atoms with Crippen molar-refractivity contribution in [3.63, 3.8) is 0 Å². The van der Waals surface area contributed by atoms with Gasteiger partial charge < -0.3 is 16.0 Å². The Morgan fingerprint density at radius 3 is 2.32 bits per heavy atom. The van der Waals surface area contributed by atoms with Crippen LogP contribution in [0.2, 0.25) is 0 Å². The van der Waals surface area contributed by atoms with E-state index in [2.05, 4.69) is 16.0 Å². The van der Waals surface area contributed by atoms with Gasteiger partial charge in [0.25, 0.3) is 0 Å². The topological polar surface area (TPSA) is 70.2 Å². The van der Waals surface area contributed by atoms with Gasteiger partial charge in [-0.05, 0) is 62.2 Å². The summed E-state index contributed by atoms with van der Waals surface area (Å²) in [6.07, 6.45) is 1.92. The van der Waals surface area contributed by atoms with Gasteiger partial charge >= 0.3 is 0 Å². The Balaban J connectivity index is 1.53. The van der Waals surface area contributed by atoms with Crippen LogP contribution in [0.25, 0.3) is 0 Å². The van der Waals surface area contributed by atoms with Crippen molar-refractivity contribution in [1.29, 1.82) is 0 Å². The highest BCUT2D eigenvalue weighted by Crippen LogP contribution is 2.30. The predicted octanol–water partition coefficient (Wildman–Crippen LogP) is 3.61. The number of rotatable bonds is 6. The van der Waals surface area contributed by atoms with Crippen molar-refractivity contribution in [2.24, 2.45) is 5.92 Å². The molecule has 5 nitrogen and oxygen atoms in total. The Morgan fingerprint density at radius 1 is 1.00 bits per heavy atom. The Bertz CT molecular complexity index is 772. The van der Waals surface area contributed by atoms with E-state index in [9.17, 15) is 14.0 Å². The van der Waals surface area contributed by atoms with Crippen molar-refractivity contribution in [3.05, 3.63) is 54.3 Å². The molecule has 1 fully saturated rings. The molecule has 0 bridgehead atoms. The van der Waals surface area contributed by atoms with E-state index in [1.807, 2.05) is 0 Å². The molecule has 0 aliphatic heterocycles. The molecule has 1 aliphatic carbocycles. The fourth-order valence-electron chi connectivity index (χ4n) is 2.37. The van der Waals surface area contributed by atoms with Crippen LogP contribution in [0, 0.1) is 11.7 Å². The van der Waals surface area contributed by atoms with Crippen molar-refractivity contribution < 1.29 is 14.0 Å². The number of anilines is 3. The molecule has 1 atom stereocenters. The maximum atomic E-state index is 13.2. The van der Waals surface area contributed by atoms with Crippen molar-refractivity contribution in [2.75, 3.05) is 16.0 Å². The van der Waals surface area contributed by atoms with Crippen LogP contribution in [-0.4, -0.2) is 17.9 Å². The monoisotopic (exact) mass is 341 g/mol. The van der Waals surface area contributed by atoms with Gasteiger partial charge in [0.15, 0.2) is 0 Å². The number of halogens is 1. The highest BCUT2D eigenvalue weighted by molar-refractivity contribution is 5.96. The molecule has 6 heteroatoms. The number of benzene rings is 2. The highest BCUT2D eigenvalue weighted by Gasteiger charge is 2.29. The smallest absolute Gasteiger partial charge is 0.246 e. The van der Waals surface area contributed by atoms with Gasteiger partial charge in [-0.15, -0.1) is 0 Å². The van der Waals surface area contributed by atoms with Crippen LogP contribution < -0.4 is 16.0 Å². The Labute approximate surface area is 145 Å². The maximum absolute atomic E-state index is 13.2. The first-order valence-corrected chi connectivity index (χ1v) is 8.25. The Morgan fingerprint density at radius 2 is 1.68 bits per heavy atom. The molecule has 25 heavy (non-hydrogen) atoms. The summed E-state index contributed by atoms with van der Waals surface area (Å²) in [5.74, 6) is -0.452. The second kappa shape index (κ2) is 7.34. The zero-order chi connectivity index (χ0) is 17.8. The lowest BCUT2D eigenvalue weighted by Gasteiger charge is -2.16. The number of hydrogen-bond acceptors (Lipinski definition) is 3. The molecule has 2 amide bonds. The van der Waals surface area contributed by atoms with Crippen LogP contribution in [0.3, 0.4) is 0 Å². The average molecular weight is 341 g/mol. The summed E-state index contributed by atoms with van der Waals surface area (Å²) >= 11 is 0. The Kier molecular flexibility index (Phi) is 4.97. The molecule has 1 unspecified atom stereocenters. The normalized spacial score (nSPS) is 14.5. The third-order valence-electron chi connectivity index (χ3n) is 3.97. The van der Waals surface area contributed by atoms with Crippen LogP contribution in [-0.2, 0) is 9.59 Å². The minimum Gasteiger partial charge on any atom is -0.374 e. The molecule has 0 aromatic heterocycles. The van der Waals surface area contributed by atoms with Gasteiger partial charge in [0.05, 0.1) is 0 Å². The maximum Gasteiger partial charge on any atom is 0.246 e. The molecule has 1 saturated carbocycles. The van der Waals surface area contributed by atoms with Crippen LogP contribution in [0.15, 0.2) is 48.5 Å². The number of carbonyl (C=O) groups excluding carboxylic acids is 2. The number of amides is 2. The molecular formula is C19H20FN3O2. The van der Waals surface area contributed by atoms with E-state index in [4.69, 9.17) is 0 Å². The SMILES string of the molecule is CC(Nc1ccc(NC(=O)C2CC2)cc1)C(=O)Nc1cccc(F)c1. The van der Waals surface area contributed by atoms with E-state index in [-0.39, 0.29) is 17.7 Å². The van der Waals surface area contributed by atoms with E-state index in [0.717, 1.165) is 24.2 Å². The van der Waals surface area contributed by atoms with E-state index in [1.54, 1.807) is 37.3 Å².